The summed E-state index contributed by atoms with van der Waals surface area (Å²) >= 11 is 3.43. The maximum absolute atomic E-state index is 5.57. The molecule has 1 atom stereocenters. The van der Waals surface area contributed by atoms with Gasteiger partial charge in [-0.25, -0.2) is 4.98 Å². The van der Waals surface area contributed by atoms with E-state index < -0.39 is 0 Å². The summed E-state index contributed by atoms with van der Waals surface area (Å²) in [6.07, 6.45) is 0.207. The Bertz CT molecular complexity index is 374. The highest BCUT2D eigenvalue weighted by molar-refractivity contribution is 9.09. The summed E-state index contributed by atoms with van der Waals surface area (Å²) in [6.45, 7) is 6.23. The second-order valence-corrected chi connectivity index (χ2v) is 4.52. The second kappa shape index (κ2) is 5.05. The second-order valence-electron chi connectivity index (χ2n) is 3.88. The molecule has 0 amide bonds. The zero-order chi connectivity index (χ0) is 11.5. The van der Waals surface area contributed by atoms with Crippen LogP contribution in [-0.4, -0.2) is 46.3 Å². The number of hydrogen-bond acceptors (Lipinski definition) is 5. The summed E-state index contributed by atoms with van der Waals surface area (Å²) < 4.78 is 5.57. The van der Waals surface area contributed by atoms with E-state index >= 15 is 0 Å². The van der Waals surface area contributed by atoms with Crippen LogP contribution in [0.2, 0.25) is 0 Å². The van der Waals surface area contributed by atoms with Gasteiger partial charge in [-0.3, -0.25) is 0 Å². The molecule has 6 heteroatoms. The highest BCUT2D eigenvalue weighted by Gasteiger charge is 2.21. The predicted octanol–water partition coefficient (Wildman–Crippen LogP) is 1.09. The minimum Gasteiger partial charge on any atom is -0.374 e. The van der Waals surface area contributed by atoms with Crippen LogP contribution in [0.4, 0.5) is 5.95 Å². The molecule has 0 radical (unpaired) electrons. The molecule has 88 valence electrons. The fraction of sp³-hybridized carbons (Fsp3) is 0.700. The van der Waals surface area contributed by atoms with E-state index in [4.69, 9.17) is 4.74 Å². The molecule has 1 unspecified atom stereocenters. The van der Waals surface area contributed by atoms with E-state index in [0.717, 1.165) is 29.8 Å². The Morgan fingerprint density at radius 1 is 1.38 bits per heavy atom. The van der Waals surface area contributed by atoms with Crippen molar-refractivity contribution < 1.29 is 4.74 Å². The molecule has 5 nitrogen and oxygen atoms in total. The van der Waals surface area contributed by atoms with Crippen LogP contribution in [0.15, 0.2) is 0 Å². The highest BCUT2D eigenvalue weighted by atomic mass is 79.9. The Morgan fingerprint density at radius 3 is 2.88 bits per heavy atom. The minimum absolute atomic E-state index is 0.207. The number of morpholine rings is 1. The van der Waals surface area contributed by atoms with Crippen LogP contribution in [-0.2, 0) is 4.74 Å². The van der Waals surface area contributed by atoms with E-state index in [-0.39, 0.29) is 6.10 Å². The summed E-state index contributed by atoms with van der Waals surface area (Å²) in [5.74, 6) is 0.706. The number of nitrogens with zero attached hydrogens (tertiary/aromatic N) is 4. The van der Waals surface area contributed by atoms with Gasteiger partial charge in [-0.05, 0) is 13.8 Å². The Kier molecular flexibility index (Phi) is 3.70. The van der Waals surface area contributed by atoms with Crippen LogP contribution in [0.25, 0.3) is 0 Å². The van der Waals surface area contributed by atoms with Gasteiger partial charge in [0.2, 0.25) is 5.95 Å². The molecule has 2 heterocycles. The van der Waals surface area contributed by atoms with Crippen molar-refractivity contribution in [2.75, 3.05) is 29.9 Å². The van der Waals surface area contributed by atoms with Crippen LogP contribution in [0, 0.1) is 13.8 Å². The van der Waals surface area contributed by atoms with Gasteiger partial charge in [0, 0.05) is 18.4 Å². The molecule has 1 aromatic heterocycles. The smallest absolute Gasteiger partial charge is 0.245 e. The third-order valence-corrected chi connectivity index (χ3v) is 3.40. The topological polar surface area (TPSA) is 51.1 Å². The van der Waals surface area contributed by atoms with Crippen molar-refractivity contribution in [2.24, 2.45) is 0 Å². The molecule has 1 fully saturated rings. The molecular weight excluding hydrogens is 272 g/mol. The molecule has 1 aliphatic rings. The van der Waals surface area contributed by atoms with Gasteiger partial charge in [0.15, 0.2) is 0 Å². The van der Waals surface area contributed by atoms with Crippen LogP contribution >= 0.6 is 15.9 Å². The van der Waals surface area contributed by atoms with Gasteiger partial charge < -0.3 is 9.64 Å². The number of aromatic nitrogens is 3. The van der Waals surface area contributed by atoms with Crippen molar-refractivity contribution in [1.82, 2.24) is 15.2 Å². The number of hydrogen-bond donors (Lipinski definition) is 0. The zero-order valence-electron chi connectivity index (χ0n) is 9.48. The maximum atomic E-state index is 5.57. The van der Waals surface area contributed by atoms with E-state index in [1.165, 1.54) is 0 Å². The molecule has 0 N–H and O–H groups in total. The first-order valence-electron chi connectivity index (χ1n) is 5.31. The first-order chi connectivity index (χ1) is 7.70. The van der Waals surface area contributed by atoms with E-state index in [0.29, 0.717) is 12.6 Å². The van der Waals surface area contributed by atoms with E-state index in [2.05, 4.69) is 36.0 Å². The lowest BCUT2D eigenvalue weighted by molar-refractivity contribution is 0.0564. The SMILES string of the molecule is Cc1nnc(N2CCOC(CBr)C2)nc1C. The summed E-state index contributed by atoms with van der Waals surface area (Å²) in [5, 5.41) is 9.06. The Morgan fingerprint density at radius 2 is 2.19 bits per heavy atom. The molecular formula is C10H15BrN4O. The first-order valence-corrected chi connectivity index (χ1v) is 6.43. The number of ether oxygens (including phenoxy) is 1. The van der Waals surface area contributed by atoms with Crippen molar-refractivity contribution in [2.45, 2.75) is 20.0 Å². The minimum atomic E-state index is 0.207. The lowest BCUT2D eigenvalue weighted by atomic mass is 10.3. The molecule has 0 aromatic carbocycles. The number of anilines is 1. The summed E-state index contributed by atoms with van der Waals surface area (Å²) in [7, 11) is 0. The van der Waals surface area contributed by atoms with Crippen molar-refractivity contribution in [1.29, 1.82) is 0 Å². The van der Waals surface area contributed by atoms with Crippen LogP contribution < -0.4 is 4.90 Å². The van der Waals surface area contributed by atoms with E-state index in [1.54, 1.807) is 0 Å². The Balaban J connectivity index is 2.13. The van der Waals surface area contributed by atoms with Crippen molar-refractivity contribution >= 4 is 21.9 Å². The summed E-state index contributed by atoms with van der Waals surface area (Å²) in [4.78, 5) is 6.57. The van der Waals surface area contributed by atoms with E-state index in [1.807, 2.05) is 13.8 Å². The number of halogens is 1. The normalized spacial score (nSPS) is 21.2. The van der Waals surface area contributed by atoms with Gasteiger partial charge in [0.05, 0.1) is 24.1 Å². The molecule has 0 spiro atoms. The Labute approximate surface area is 103 Å². The van der Waals surface area contributed by atoms with Crippen LogP contribution in [0.3, 0.4) is 0 Å². The molecule has 1 aromatic rings. The lowest BCUT2D eigenvalue weighted by Crippen LogP contribution is -2.44. The number of rotatable bonds is 2. The van der Waals surface area contributed by atoms with Crippen molar-refractivity contribution in [3.8, 4) is 0 Å². The largest absolute Gasteiger partial charge is 0.374 e. The predicted molar refractivity (Wildman–Crippen MR) is 65.0 cm³/mol. The average Bonchev–Trinajstić information content (AvgIpc) is 2.33. The van der Waals surface area contributed by atoms with Crippen LogP contribution in [0.5, 0.6) is 0 Å². The highest BCUT2D eigenvalue weighted by Crippen LogP contribution is 2.14. The van der Waals surface area contributed by atoms with Gasteiger partial charge in [-0.2, -0.15) is 5.10 Å². The van der Waals surface area contributed by atoms with Crippen LogP contribution in [0.1, 0.15) is 11.4 Å². The molecule has 0 aliphatic carbocycles. The van der Waals surface area contributed by atoms with Crippen molar-refractivity contribution in [3.63, 3.8) is 0 Å². The Hall–Kier alpha value is -0.750. The zero-order valence-corrected chi connectivity index (χ0v) is 11.1. The molecule has 0 saturated carbocycles. The monoisotopic (exact) mass is 286 g/mol. The van der Waals surface area contributed by atoms with Gasteiger partial charge in [0.1, 0.15) is 0 Å². The standard InChI is InChI=1S/C10H15BrN4O/c1-7-8(2)13-14-10(12-7)15-3-4-16-9(5-11)6-15/h9H,3-6H2,1-2H3. The van der Waals surface area contributed by atoms with E-state index in [9.17, 15) is 0 Å². The molecule has 0 bridgehead atoms. The third kappa shape index (κ3) is 2.49. The fourth-order valence-corrected chi connectivity index (χ4v) is 1.97. The molecule has 1 aliphatic heterocycles. The average molecular weight is 287 g/mol. The fourth-order valence-electron chi connectivity index (χ4n) is 1.57. The maximum Gasteiger partial charge on any atom is 0.245 e. The number of aryl methyl sites for hydroxylation is 2. The van der Waals surface area contributed by atoms with Gasteiger partial charge in [-0.1, -0.05) is 15.9 Å². The quantitative estimate of drug-likeness (QED) is 0.762. The van der Waals surface area contributed by atoms with Gasteiger partial charge in [0.25, 0.3) is 0 Å². The molecule has 16 heavy (non-hydrogen) atoms. The first kappa shape index (κ1) is 11.7. The van der Waals surface area contributed by atoms with Gasteiger partial charge >= 0.3 is 0 Å². The number of alkyl halides is 1. The van der Waals surface area contributed by atoms with Gasteiger partial charge in [-0.15, -0.1) is 5.10 Å². The summed E-state index contributed by atoms with van der Waals surface area (Å²) in [5.41, 5.74) is 1.82. The molecule has 2 rings (SSSR count). The summed E-state index contributed by atoms with van der Waals surface area (Å²) in [6, 6.07) is 0. The molecule has 1 saturated heterocycles. The lowest BCUT2D eigenvalue weighted by Gasteiger charge is -2.31. The third-order valence-electron chi connectivity index (χ3n) is 2.67. The van der Waals surface area contributed by atoms with Crippen molar-refractivity contribution in [3.05, 3.63) is 11.4 Å².